The SMILES string of the molecule is COc1ccc([N+](=O)[O-])cc1NC(=O)CN1C(=O)C2CCC(C)(C1=O)C2(C)C. The summed E-state index contributed by atoms with van der Waals surface area (Å²) in [5.74, 6) is -1.38. The van der Waals surface area contributed by atoms with Gasteiger partial charge in [0.15, 0.2) is 0 Å². The van der Waals surface area contributed by atoms with E-state index < -0.39 is 28.2 Å². The maximum Gasteiger partial charge on any atom is 0.271 e. The molecule has 2 aliphatic rings. The molecule has 1 saturated carbocycles. The Morgan fingerprint density at radius 1 is 1.36 bits per heavy atom. The van der Waals surface area contributed by atoms with Gasteiger partial charge >= 0.3 is 0 Å². The van der Waals surface area contributed by atoms with Crippen LogP contribution >= 0.6 is 0 Å². The molecule has 2 unspecified atom stereocenters. The van der Waals surface area contributed by atoms with Crippen LogP contribution in [0, 0.1) is 26.9 Å². The Hall–Kier alpha value is -2.97. The van der Waals surface area contributed by atoms with Crippen LogP contribution < -0.4 is 10.1 Å². The number of methoxy groups -OCH3 is 1. The van der Waals surface area contributed by atoms with Gasteiger partial charge in [0.05, 0.1) is 23.1 Å². The Kier molecular flexibility index (Phi) is 4.64. The second-order valence-electron chi connectivity index (χ2n) is 8.06. The lowest BCUT2D eigenvalue weighted by Crippen LogP contribution is -2.60. The average molecular weight is 389 g/mol. The summed E-state index contributed by atoms with van der Waals surface area (Å²) in [6.45, 7) is 5.25. The monoisotopic (exact) mass is 389 g/mol. The number of non-ortho nitro benzene ring substituents is 1. The molecular formula is C19H23N3O6. The predicted molar refractivity (Wildman–Crippen MR) is 99.6 cm³/mol. The van der Waals surface area contributed by atoms with Crippen LogP contribution in [0.5, 0.6) is 5.75 Å². The third kappa shape index (κ3) is 2.81. The highest BCUT2D eigenvalue weighted by Gasteiger charge is 2.64. The number of ether oxygens (including phenoxy) is 1. The number of carbonyl (C=O) groups is 3. The second kappa shape index (κ2) is 6.57. The number of anilines is 1. The fourth-order valence-corrected chi connectivity index (χ4v) is 4.29. The minimum Gasteiger partial charge on any atom is -0.495 e. The zero-order valence-corrected chi connectivity index (χ0v) is 16.3. The van der Waals surface area contributed by atoms with Crippen LogP contribution in [0.3, 0.4) is 0 Å². The van der Waals surface area contributed by atoms with E-state index >= 15 is 0 Å². The van der Waals surface area contributed by atoms with Crippen molar-refractivity contribution >= 4 is 29.1 Å². The van der Waals surface area contributed by atoms with Gasteiger partial charge in [-0.3, -0.25) is 29.4 Å². The molecule has 0 spiro atoms. The lowest BCUT2D eigenvalue weighted by molar-refractivity contribution is -0.384. The van der Waals surface area contributed by atoms with E-state index in [0.717, 1.165) is 4.90 Å². The minimum atomic E-state index is -0.699. The molecule has 3 rings (SSSR count). The minimum absolute atomic E-state index is 0.105. The Balaban J connectivity index is 1.81. The van der Waals surface area contributed by atoms with Gasteiger partial charge in [0.2, 0.25) is 17.7 Å². The molecule has 150 valence electrons. The van der Waals surface area contributed by atoms with Crippen molar-refractivity contribution < 1.29 is 24.0 Å². The van der Waals surface area contributed by atoms with Crippen molar-refractivity contribution in [3.05, 3.63) is 28.3 Å². The highest BCUT2D eigenvalue weighted by Crippen LogP contribution is 2.59. The molecule has 2 fully saturated rings. The number of piperidine rings is 1. The van der Waals surface area contributed by atoms with Crippen molar-refractivity contribution in [3.63, 3.8) is 0 Å². The third-order valence-electron chi connectivity index (χ3n) is 6.48. The second-order valence-corrected chi connectivity index (χ2v) is 8.06. The lowest BCUT2D eigenvalue weighted by Gasteiger charge is -2.47. The zero-order chi connectivity index (χ0) is 20.9. The predicted octanol–water partition coefficient (Wildman–Crippen LogP) is 2.35. The Morgan fingerprint density at radius 3 is 2.64 bits per heavy atom. The first-order valence-electron chi connectivity index (χ1n) is 9.01. The van der Waals surface area contributed by atoms with E-state index in [1.807, 2.05) is 20.8 Å². The molecule has 1 aliphatic heterocycles. The highest BCUT2D eigenvalue weighted by molar-refractivity contribution is 6.07. The van der Waals surface area contributed by atoms with E-state index in [1.54, 1.807) is 0 Å². The van der Waals surface area contributed by atoms with Crippen LogP contribution in [0.25, 0.3) is 0 Å². The smallest absolute Gasteiger partial charge is 0.271 e. The van der Waals surface area contributed by atoms with Crippen LogP contribution in [-0.2, 0) is 14.4 Å². The van der Waals surface area contributed by atoms with Gasteiger partial charge in [-0.25, -0.2) is 0 Å². The van der Waals surface area contributed by atoms with Crippen molar-refractivity contribution in [2.24, 2.45) is 16.7 Å². The molecule has 0 aromatic heterocycles. The van der Waals surface area contributed by atoms with Gasteiger partial charge in [-0.2, -0.15) is 0 Å². The molecule has 1 aromatic rings. The fraction of sp³-hybridized carbons (Fsp3) is 0.526. The van der Waals surface area contributed by atoms with E-state index in [9.17, 15) is 24.5 Å². The molecule has 9 nitrogen and oxygen atoms in total. The Morgan fingerprint density at radius 2 is 2.04 bits per heavy atom. The molecule has 1 heterocycles. The van der Waals surface area contributed by atoms with Crippen LogP contribution in [0.4, 0.5) is 11.4 Å². The number of likely N-dealkylation sites (tertiary alicyclic amines) is 1. The molecule has 2 atom stereocenters. The maximum atomic E-state index is 13.0. The molecule has 0 radical (unpaired) electrons. The molecule has 9 heteroatoms. The number of nitro groups is 1. The number of hydrogen-bond donors (Lipinski definition) is 1. The molecule has 1 aliphatic carbocycles. The zero-order valence-electron chi connectivity index (χ0n) is 16.3. The molecule has 3 amide bonds. The third-order valence-corrected chi connectivity index (χ3v) is 6.48. The van der Waals surface area contributed by atoms with Crippen molar-refractivity contribution in [1.29, 1.82) is 0 Å². The number of nitrogens with one attached hydrogen (secondary N) is 1. The molecule has 1 aromatic carbocycles. The number of hydrogen-bond acceptors (Lipinski definition) is 6. The fourth-order valence-electron chi connectivity index (χ4n) is 4.29. The van der Waals surface area contributed by atoms with Crippen LogP contribution in [0.1, 0.15) is 33.6 Å². The van der Waals surface area contributed by atoms with Crippen molar-refractivity contribution in [3.8, 4) is 5.75 Å². The highest BCUT2D eigenvalue weighted by atomic mass is 16.6. The van der Waals surface area contributed by atoms with Gasteiger partial charge in [0.25, 0.3) is 5.69 Å². The first kappa shape index (κ1) is 19.8. The molecule has 1 saturated heterocycles. The summed E-state index contributed by atoms with van der Waals surface area (Å²) in [6, 6.07) is 3.80. The van der Waals surface area contributed by atoms with Crippen molar-refractivity contribution in [2.45, 2.75) is 33.6 Å². The van der Waals surface area contributed by atoms with Gasteiger partial charge < -0.3 is 10.1 Å². The maximum absolute atomic E-state index is 13.0. The summed E-state index contributed by atoms with van der Waals surface area (Å²) < 4.78 is 5.12. The van der Waals surface area contributed by atoms with Crippen LogP contribution in [0.15, 0.2) is 18.2 Å². The molecule has 28 heavy (non-hydrogen) atoms. The molecular weight excluding hydrogens is 366 g/mol. The van der Waals surface area contributed by atoms with E-state index in [1.165, 1.54) is 25.3 Å². The quantitative estimate of drug-likeness (QED) is 0.469. The summed E-state index contributed by atoms with van der Waals surface area (Å²) in [7, 11) is 1.37. The van der Waals surface area contributed by atoms with E-state index in [0.29, 0.717) is 12.8 Å². The number of fused-ring (bicyclic) bond motifs is 2. The molecule has 2 bridgehead atoms. The van der Waals surface area contributed by atoms with Gasteiger partial charge in [-0.05, 0) is 24.3 Å². The first-order chi connectivity index (χ1) is 13.0. The number of nitrogens with zero attached hydrogens (tertiary/aromatic N) is 2. The number of amides is 3. The summed E-state index contributed by atoms with van der Waals surface area (Å²) in [6.07, 6.45) is 1.22. The standard InChI is InChI=1S/C19H23N3O6/c1-18(2)12-7-8-19(18,3)17(25)21(16(12)24)10-15(23)20-13-9-11(22(26)27)5-6-14(13)28-4/h5-6,9,12H,7-8,10H2,1-4H3,(H,20,23). The van der Waals surface area contributed by atoms with E-state index in [4.69, 9.17) is 4.74 Å². The molecule has 1 N–H and O–H groups in total. The summed E-state index contributed by atoms with van der Waals surface area (Å²) in [4.78, 5) is 49.7. The average Bonchev–Trinajstić information content (AvgIpc) is 2.82. The summed E-state index contributed by atoms with van der Waals surface area (Å²) >= 11 is 0. The first-order valence-corrected chi connectivity index (χ1v) is 9.01. The Labute approximate surface area is 162 Å². The number of rotatable bonds is 5. The van der Waals surface area contributed by atoms with E-state index in [-0.39, 0.29) is 34.9 Å². The van der Waals surface area contributed by atoms with Gasteiger partial charge in [0, 0.05) is 18.1 Å². The Bertz CT molecular complexity index is 880. The van der Waals surface area contributed by atoms with Crippen LogP contribution in [0.2, 0.25) is 0 Å². The van der Waals surface area contributed by atoms with Gasteiger partial charge in [0.1, 0.15) is 12.3 Å². The van der Waals surface area contributed by atoms with Gasteiger partial charge in [-0.1, -0.05) is 20.8 Å². The van der Waals surface area contributed by atoms with Crippen LogP contribution in [-0.4, -0.2) is 41.2 Å². The number of benzene rings is 1. The summed E-state index contributed by atoms with van der Waals surface area (Å²) in [5.41, 5.74) is -1.27. The van der Waals surface area contributed by atoms with E-state index in [2.05, 4.69) is 5.32 Å². The van der Waals surface area contributed by atoms with Gasteiger partial charge in [-0.15, -0.1) is 0 Å². The lowest BCUT2D eigenvalue weighted by atomic mass is 9.62. The summed E-state index contributed by atoms with van der Waals surface area (Å²) in [5, 5.41) is 13.5. The largest absolute Gasteiger partial charge is 0.495 e. The van der Waals surface area contributed by atoms with Crippen molar-refractivity contribution in [2.75, 3.05) is 19.0 Å². The number of carbonyl (C=O) groups excluding carboxylic acids is 3. The topological polar surface area (TPSA) is 119 Å². The van der Waals surface area contributed by atoms with Crippen molar-refractivity contribution in [1.82, 2.24) is 4.90 Å². The normalized spacial score (nSPS) is 25.6. The number of nitro benzene ring substituents is 1. The number of imide groups is 1.